The van der Waals surface area contributed by atoms with Crippen molar-refractivity contribution in [3.05, 3.63) is 35.9 Å². The number of nitrogens with two attached hydrogens (primary N) is 1. The van der Waals surface area contributed by atoms with Crippen molar-refractivity contribution in [1.29, 1.82) is 0 Å². The van der Waals surface area contributed by atoms with Crippen LogP contribution in [0, 0.1) is 0 Å². The van der Waals surface area contributed by atoms with Crippen molar-refractivity contribution >= 4 is 0 Å². The van der Waals surface area contributed by atoms with Crippen LogP contribution >= 0.6 is 0 Å². The summed E-state index contributed by atoms with van der Waals surface area (Å²) in [5, 5.41) is 3.43. The molecule has 2 heteroatoms. The van der Waals surface area contributed by atoms with E-state index in [4.69, 9.17) is 5.73 Å². The van der Waals surface area contributed by atoms with E-state index in [2.05, 4.69) is 35.6 Å². The maximum atomic E-state index is 5.43. The van der Waals surface area contributed by atoms with Crippen LogP contribution in [0.3, 0.4) is 0 Å². The molecule has 0 aromatic heterocycles. The van der Waals surface area contributed by atoms with Gasteiger partial charge in [0.15, 0.2) is 0 Å². The molecule has 2 atom stereocenters. The van der Waals surface area contributed by atoms with E-state index in [1.807, 2.05) is 0 Å². The molecule has 0 radical (unpaired) electrons. The lowest BCUT2D eigenvalue weighted by Gasteiger charge is -2.01. The summed E-state index contributed by atoms with van der Waals surface area (Å²) < 4.78 is 0. The largest absolute Gasteiger partial charge is 0.329 e. The molecule has 2 nitrogen and oxygen atoms in total. The lowest BCUT2D eigenvalue weighted by molar-refractivity contribution is 0.676. The first-order chi connectivity index (χ1) is 6.42. The topological polar surface area (TPSA) is 38.0 Å². The maximum Gasteiger partial charge on any atom is 0.0143 e. The molecule has 1 aliphatic rings. The number of rotatable bonds is 4. The van der Waals surface area contributed by atoms with Gasteiger partial charge in [0.1, 0.15) is 0 Å². The number of hydrogen-bond donors (Lipinski definition) is 2. The Labute approximate surface area is 79.1 Å². The molecule has 0 aliphatic heterocycles. The molecule has 0 saturated heterocycles. The monoisotopic (exact) mass is 176 g/mol. The summed E-state index contributed by atoms with van der Waals surface area (Å²) in [7, 11) is 0. The number of nitrogens with one attached hydrogen (secondary N) is 1. The first-order valence-corrected chi connectivity index (χ1v) is 4.90. The Hall–Kier alpha value is -0.860. The maximum absolute atomic E-state index is 5.43. The zero-order valence-electron chi connectivity index (χ0n) is 7.74. The second-order valence-electron chi connectivity index (χ2n) is 3.60. The second-order valence-corrected chi connectivity index (χ2v) is 3.60. The van der Waals surface area contributed by atoms with Crippen molar-refractivity contribution in [1.82, 2.24) is 5.32 Å². The van der Waals surface area contributed by atoms with Crippen LogP contribution in [0.4, 0.5) is 0 Å². The van der Waals surface area contributed by atoms with Gasteiger partial charge in [0, 0.05) is 25.0 Å². The van der Waals surface area contributed by atoms with E-state index in [1.165, 1.54) is 12.0 Å². The van der Waals surface area contributed by atoms with Crippen molar-refractivity contribution < 1.29 is 0 Å². The lowest BCUT2D eigenvalue weighted by Crippen LogP contribution is -2.25. The van der Waals surface area contributed by atoms with E-state index in [9.17, 15) is 0 Å². The van der Waals surface area contributed by atoms with Gasteiger partial charge in [0.2, 0.25) is 0 Å². The van der Waals surface area contributed by atoms with E-state index in [-0.39, 0.29) is 0 Å². The standard InChI is InChI=1S/C11H16N2/c12-6-7-13-11-8-10(11)9-4-2-1-3-5-9/h1-5,10-11,13H,6-8,12H2/t10-,11+/m0/s1. The summed E-state index contributed by atoms with van der Waals surface area (Å²) in [6.07, 6.45) is 1.27. The number of benzene rings is 1. The molecule has 0 spiro atoms. The highest BCUT2D eigenvalue weighted by atomic mass is 15.0. The third-order valence-electron chi connectivity index (χ3n) is 2.57. The Morgan fingerprint density at radius 1 is 1.31 bits per heavy atom. The molecule has 1 fully saturated rings. The van der Waals surface area contributed by atoms with Crippen LogP contribution in [0.5, 0.6) is 0 Å². The Balaban J connectivity index is 1.86. The van der Waals surface area contributed by atoms with Gasteiger partial charge in [0.25, 0.3) is 0 Å². The summed E-state index contributed by atoms with van der Waals surface area (Å²) in [6, 6.07) is 11.4. The van der Waals surface area contributed by atoms with Gasteiger partial charge in [-0.3, -0.25) is 0 Å². The SMILES string of the molecule is NCCN[C@@H]1C[C@H]1c1ccccc1. The Morgan fingerprint density at radius 3 is 2.77 bits per heavy atom. The molecule has 0 unspecified atom stereocenters. The molecule has 1 aliphatic carbocycles. The predicted octanol–water partition coefficient (Wildman–Crippen LogP) is 1.09. The molecule has 2 rings (SSSR count). The summed E-state index contributed by atoms with van der Waals surface area (Å²) in [5.74, 6) is 0.729. The van der Waals surface area contributed by atoms with Crippen molar-refractivity contribution in [2.24, 2.45) is 5.73 Å². The van der Waals surface area contributed by atoms with E-state index in [0.29, 0.717) is 6.04 Å². The summed E-state index contributed by atoms with van der Waals surface area (Å²) in [6.45, 7) is 1.67. The summed E-state index contributed by atoms with van der Waals surface area (Å²) >= 11 is 0. The van der Waals surface area contributed by atoms with Gasteiger partial charge < -0.3 is 11.1 Å². The molecule has 1 aromatic rings. The van der Waals surface area contributed by atoms with Crippen LogP contribution in [0.25, 0.3) is 0 Å². The normalized spacial score (nSPS) is 25.9. The average Bonchev–Trinajstić information content (AvgIpc) is 2.95. The fourth-order valence-corrected chi connectivity index (χ4v) is 1.76. The molecule has 0 heterocycles. The highest BCUT2D eigenvalue weighted by Gasteiger charge is 2.37. The van der Waals surface area contributed by atoms with E-state index < -0.39 is 0 Å². The van der Waals surface area contributed by atoms with Crippen LogP contribution in [-0.4, -0.2) is 19.1 Å². The molecule has 1 aromatic carbocycles. The van der Waals surface area contributed by atoms with Crippen LogP contribution in [0.2, 0.25) is 0 Å². The van der Waals surface area contributed by atoms with Gasteiger partial charge in [-0.2, -0.15) is 0 Å². The smallest absolute Gasteiger partial charge is 0.0143 e. The molecule has 1 saturated carbocycles. The number of hydrogen-bond acceptors (Lipinski definition) is 2. The Bertz CT molecular complexity index is 258. The van der Waals surface area contributed by atoms with Gasteiger partial charge in [0.05, 0.1) is 0 Å². The molecule has 0 amide bonds. The van der Waals surface area contributed by atoms with Crippen molar-refractivity contribution in [2.75, 3.05) is 13.1 Å². The van der Waals surface area contributed by atoms with Crippen molar-refractivity contribution in [3.63, 3.8) is 0 Å². The molecule has 0 bridgehead atoms. The van der Waals surface area contributed by atoms with Crippen LogP contribution < -0.4 is 11.1 Å². The van der Waals surface area contributed by atoms with Crippen LogP contribution in [0.1, 0.15) is 17.9 Å². The van der Waals surface area contributed by atoms with Gasteiger partial charge >= 0.3 is 0 Å². The molecule has 3 N–H and O–H groups in total. The van der Waals surface area contributed by atoms with Crippen LogP contribution in [-0.2, 0) is 0 Å². The van der Waals surface area contributed by atoms with E-state index in [1.54, 1.807) is 0 Å². The zero-order valence-corrected chi connectivity index (χ0v) is 7.74. The Morgan fingerprint density at radius 2 is 2.08 bits per heavy atom. The van der Waals surface area contributed by atoms with Crippen molar-refractivity contribution in [2.45, 2.75) is 18.4 Å². The van der Waals surface area contributed by atoms with E-state index >= 15 is 0 Å². The Kier molecular flexibility index (Phi) is 2.62. The summed E-state index contributed by atoms with van der Waals surface area (Å²) in [4.78, 5) is 0. The minimum absolute atomic E-state index is 0.672. The molecule has 13 heavy (non-hydrogen) atoms. The van der Waals surface area contributed by atoms with E-state index in [0.717, 1.165) is 19.0 Å². The lowest BCUT2D eigenvalue weighted by atomic mass is 10.1. The highest BCUT2D eigenvalue weighted by molar-refractivity contribution is 5.27. The van der Waals surface area contributed by atoms with Gasteiger partial charge in [-0.25, -0.2) is 0 Å². The first kappa shape index (κ1) is 8.73. The quantitative estimate of drug-likeness (QED) is 0.720. The van der Waals surface area contributed by atoms with Gasteiger partial charge in [-0.1, -0.05) is 30.3 Å². The molecular formula is C11H16N2. The van der Waals surface area contributed by atoms with Crippen LogP contribution in [0.15, 0.2) is 30.3 Å². The average molecular weight is 176 g/mol. The highest BCUT2D eigenvalue weighted by Crippen LogP contribution is 2.40. The first-order valence-electron chi connectivity index (χ1n) is 4.90. The molecule has 70 valence electrons. The third kappa shape index (κ3) is 2.08. The predicted molar refractivity (Wildman–Crippen MR) is 54.6 cm³/mol. The zero-order chi connectivity index (χ0) is 9.10. The van der Waals surface area contributed by atoms with Crippen molar-refractivity contribution in [3.8, 4) is 0 Å². The summed E-state index contributed by atoms with van der Waals surface area (Å²) in [5.41, 5.74) is 6.88. The minimum atomic E-state index is 0.672. The van der Waals surface area contributed by atoms with Gasteiger partial charge in [-0.15, -0.1) is 0 Å². The second kappa shape index (κ2) is 3.90. The fraction of sp³-hybridized carbons (Fsp3) is 0.455. The van der Waals surface area contributed by atoms with Gasteiger partial charge in [-0.05, 0) is 12.0 Å². The third-order valence-corrected chi connectivity index (χ3v) is 2.57. The molecular weight excluding hydrogens is 160 g/mol. The fourth-order valence-electron chi connectivity index (χ4n) is 1.76. The minimum Gasteiger partial charge on any atom is -0.329 e.